The first-order valence-corrected chi connectivity index (χ1v) is 7.41. The number of rotatable bonds is 4. The lowest BCUT2D eigenvalue weighted by Gasteiger charge is -2.25. The van der Waals surface area contributed by atoms with Gasteiger partial charge in [-0.15, -0.1) is 0 Å². The Balaban J connectivity index is 2.32. The van der Waals surface area contributed by atoms with Crippen LogP contribution < -0.4 is 19.5 Å². The van der Waals surface area contributed by atoms with Gasteiger partial charge in [-0.05, 0) is 36.2 Å². The van der Waals surface area contributed by atoms with E-state index in [2.05, 4.69) is 17.4 Å². The van der Waals surface area contributed by atoms with Gasteiger partial charge in [-0.25, -0.2) is 0 Å². The van der Waals surface area contributed by atoms with Crippen LogP contribution in [0.2, 0.25) is 0 Å². The Morgan fingerprint density at radius 2 is 1.73 bits per heavy atom. The van der Waals surface area contributed by atoms with Crippen LogP contribution in [0.4, 0.5) is 0 Å². The van der Waals surface area contributed by atoms with Crippen molar-refractivity contribution in [1.29, 1.82) is 0 Å². The Hall–Kier alpha value is -2.20. The van der Waals surface area contributed by atoms with Gasteiger partial charge in [0.2, 0.25) is 0 Å². The minimum atomic E-state index is 0.755. The summed E-state index contributed by atoms with van der Waals surface area (Å²) in [5.74, 6) is 2.37. The number of benzene rings is 2. The van der Waals surface area contributed by atoms with Gasteiger partial charge in [0, 0.05) is 17.7 Å². The molecule has 2 aromatic carbocycles. The maximum Gasteiger partial charge on any atom is 0.168 e. The molecule has 4 nitrogen and oxygen atoms in total. The van der Waals surface area contributed by atoms with Gasteiger partial charge in [0.15, 0.2) is 11.5 Å². The number of hydrogen-bond donors (Lipinski definition) is 1. The molecular formula is C18H21NO3. The molecule has 4 heteroatoms. The molecule has 3 rings (SSSR count). The topological polar surface area (TPSA) is 39.7 Å². The predicted molar refractivity (Wildman–Crippen MR) is 86.9 cm³/mol. The van der Waals surface area contributed by atoms with E-state index in [1.54, 1.807) is 21.3 Å². The zero-order valence-corrected chi connectivity index (χ0v) is 13.2. The molecule has 1 heterocycles. The van der Waals surface area contributed by atoms with Crippen molar-refractivity contribution >= 4 is 0 Å². The standard InChI is InChI=1S/C18H21NO3/c1-20-15-7-5-4-6-14(15)17-13-8-9-19-11-12(13)10-16(21-2)18(17)22-3/h4-7,10,19H,8-9,11H2,1-3H3. The normalized spacial score (nSPS) is 13.4. The van der Waals surface area contributed by atoms with Crippen LogP contribution in [0.25, 0.3) is 11.1 Å². The van der Waals surface area contributed by atoms with Crippen molar-refractivity contribution in [2.45, 2.75) is 13.0 Å². The molecule has 0 saturated heterocycles. The number of para-hydroxylation sites is 1. The van der Waals surface area contributed by atoms with Crippen LogP contribution in [-0.2, 0) is 13.0 Å². The summed E-state index contributed by atoms with van der Waals surface area (Å²) in [6.07, 6.45) is 0.961. The Labute approximate surface area is 131 Å². The third-order valence-corrected chi connectivity index (χ3v) is 4.11. The van der Waals surface area contributed by atoms with Crippen molar-refractivity contribution < 1.29 is 14.2 Å². The molecular weight excluding hydrogens is 278 g/mol. The summed E-state index contributed by atoms with van der Waals surface area (Å²) in [4.78, 5) is 0. The molecule has 116 valence electrons. The molecule has 0 radical (unpaired) electrons. The van der Waals surface area contributed by atoms with Gasteiger partial charge in [0.05, 0.1) is 21.3 Å². The first-order valence-electron chi connectivity index (χ1n) is 7.41. The van der Waals surface area contributed by atoms with Crippen LogP contribution in [0.5, 0.6) is 17.2 Å². The summed E-state index contributed by atoms with van der Waals surface area (Å²) in [6.45, 7) is 1.81. The summed E-state index contributed by atoms with van der Waals surface area (Å²) in [5, 5.41) is 3.41. The molecule has 0 spiro atoms. The quantitative estimate of drug-likeness (QED) is 0.942. The van der Waals surface area contributed by atoms with E-state index in [1.165, 1.54) is 11.1 Å². The summed E-state index contributed by atoms with van der Waals surface area (Å²) in [5.41, 5.74) is 4.68. The highest BCUT2D eigenvalue weighted by Crippen LogP contribution is 2.46. The molecule has 0 aromatic heterocycles. The molecule has 0 saturated carbocycles. The largest absolute Gasteiger partial charge is 0.496 e. The number of nitrogens with one attached hydrogen (secondary N) is 1. The Morgan fingerprint density at radius 3 is 2.45 bits per heavy atom. The minimum absolute atomic E-state index is 0.755. The van der Waals surface area contributed by atoms with E-state index >= 15 is 0 Å². The van der Waals surface area contributed by atoms with Crippen molar-refractivity contribution in [3.05, 3.63) is 41.5 Å². The van der Waals surface area contributed by atoms with Gasteiger partial charge in [0.1, 0.15) is 5.75 Å². The van der Waals surface area contributed by atoms with Crippen molar-refractivity contribution in [2.75, 3.05) is 27.9 Å². The molecule has 0 amide bonds. The zero-order chi connectivity index (χ0) is 15.5. The van der Waals surface area contributed by atoms with Crippen LogP contribution >= 0.6 is 0 Å². The first-order chi connectivity index (χ1) is 10.8. The lowest BCUT2D eigenvalue weighted by molar-refractivity contribution is 0.354. The lowest BCUT2D eigenvalue weighted by atomic mass is 9.89. The summed E-state index contributed by atoms with van der Waals surface area (Å²) in [7, 11) is 5.05. The maximum atomic E-state index is 5.69. The van der Waals surface area contributed by atoms with Crippen LogP contribution in [-0.4, -0.2) is 27.9 Å². The van der Waals surface area contributed by atoms with E-state index in [-0.39, 0.29) is 0 Å². The van der Waals surface area contributed by atoms with E-state index in [0.717, 1.165) is 47.9 Å². The second-order valence-corrected chi connectivity index (χ2v) is 5.25. The van der Waals surface area contributed by atoms with E-state index in [4.69, 9.17) is 14.2 Å². The molecule has 0 unspecified atom stereocenters. The Morgan fingerprint density at radius 1 is 0.955 bits per heavy atom. The van der Waals surface area contributed by atoms with Gasteiger partial charge in [0.25, 0.3) is 0 Å². The highest BCUT2D eigenvalue weighted by atomic mass is 16.5. The smallest absolute Gasteiger partial charge is 0.168 e. The average molecular weight is 299 g/mol. The van der Waals surface area contributed by atoms with E-state index in [0.29, 0.717) is 0 Å². The van der Waals surface area contributed by atoms with Gasteiger partial charge in [-0.2, -0.15) is 0 Å². The lowest BCUT2D eigenvalue weighted by Crippen LogP contribution is -2.24. The number of ether oxygens (including phenoxy) is 3. The highest BCUT2D eigenvalue weighted by molar-refractivity contribution is 5.82. The van der Waals surface area contributed by atoms with Gasteiger partial charge < -0.3 is 19.5 Å². The molecule has 0 aliphatic carbocycles. The Kier molecular flexibility index (Phi) is 4.20. The maximum absolute atomic E-state index is 5.69. The van der Waals surface area contributed by atoms with Crippen LogP contribution in [0.15, 0.2) is 30.3 Å². The van der Waals surface area contributed by atoms with Crippen LogP contribution in [0.1, 0.15) is 11.1 Å². The second kappa shape index (κ2) is 6.28. The third kappa shape index (κ3) is 2.40. The Bertz CT molecular complexity index is 668. The minimum Gasteiger partial charge on any atom is -0.496 e. The van der Waals surface area contributed by atoms with Gasteiger partial charge in [-0.1, -0.05) is 18.2 Å². The van der Waals surface area contributed by atoms with Gasteiger partial charge in [-0.3, -0.25) is 0 Å². The average Bonchev–Trinajstić information content (AvgIpc) is 2.59. The predicted octanol–water partition coefficient (Wildman–Crippen LogP) is 3.03. The second-order valence-electron chi connectivity index (χ2n) is 5.25. The molecule has 1 aliphatic heterocycles. The molecule has 2 aromatic rings. The molecule has 0 bridgehead atoms. The molecule has 1 aliphatic rings. The van der Waals surface area contributed by atoms with Crippen molar-refractivity contribution in [2.24, 2.45) is 0 Å². The van der Waals surface area contributed by atoms with Crippen molar-refractivity contribution in [3.63, 3.8) is 0 Å². The van der Waals surface area contributed by atoms with Gasteiger partial charge >= 0.3 is 0 Å². The summed E-state index contributed by atoms with van der Waals surface area (Å²) < 4.78 is 16.8. The summed E-state index contributed by atoms with van der Waals surface area (Å²) >= 11 is 0. The zero-order valence-electron chi connectivity index (χ0n) is 13.2. The molecule has 0 atom stereocenters. The fraction of sp³-hybridized carbons (Fsp3) is 0.333. The fourth-order valence-electron chi connectivity index (χ4n) is 3.10. The van der Waals surface area contributed by atoms with Crippen molar-refractivity contribution in [3.8, 4) is 28.4 Å². The monoisotopic (exact) mass is 299 g/mol. The van der Waals surface area contributed by atoms with E-state index < -0.39 is 0 Å². The van der Waals surface area contributed by atoms with Crippen LogP contribution in [0.3, 0.4) is 0 Å². The molecule has 1 N–H and O–H groups in total. The first kappa shape index (κ1) is 14.7. The number of methoxy groups -OCH3 is 3. The number of hydrogen-bond acceptors (Lipinski definition) is 4. The third-order valence-electron chi connectivity index (χ3n) is 4.11. The van der Waals surface area contributed by atoms with E-state index in [9.17, 15) is 0 Å². The van der Waals surface area contributed by atoms with Crippen molar-refractivity contribution in [1.82, 2.24) is 5.32 Å². The number of fused-ring (bicyclic) bond motifs is 1. The molecule has 22 heavy (non-hydrogen) atoms. The fourth-order valence-corrected chi connectivity index (χ4v) is 3.10. The highest BCUT2D eigenvalue weighted by Gasteiger charge is 2.24. The SMILES string of the molecule is COc1ccccc1-c1c2c(cc(OC)c1OC)CNCC2. The van der Waals surface area contributed by atoms with E-state index in [1.807, 2.05) is 18.2 Å². The molecule has 0 fully saturated rings. The summed E-state index contributed by atoms with van der Waals surface area (Å²) in [6, 6.07) is 10.1. The van der Waals surface area contributed by atoms with Crippen LogP contribution in [0, 0.1) is 0 Å².